The normalized spacial score (nSPS) is 11.6. The number of nitrogens with zero attached hydrogens (tertiary/aromatic N) is 3. The number of carbonyl (C=O) groups is 1. The number of pyridine rings is 1. The molecule has 0 radical (unpaired) electrons. The fourth-order valence-corrected chi connectivity index (χ4v) is 3.90. The van der Waals surface area contributed by atoms with Gasteiger partial charge in [-0.2, -0.15) is 13.2 Å². The minimum atomic E-state index is -4.64. The summed E-state index contributed by atoms with van der Waals surface area (Å²) < 4.78 is 43.9. The van der Waals surface area contributed by atoms with E-state index in [1.165, 1.54) is 7.11 Å². The van der Waals surface area contributed by atoms with E-state index in [1.54, 1.807) is 49.4 Å². The molecule has 0 saturated heterocycles. The first-order valence-corrected chi connectivity index (χ1v) is 10.3. The predicted molar refractivity (Wildman–Crippen MR) is 116 cm³/mol. The summed E-state index contributed by atoms with van der Waals surface area (Å²) in [6, 6.07) is 12.0. The van der Waals surface area contributed by atoms with Gasteiger partial charge < -0.3 is 4.74 Å². The van der Waals surface area contributed by atoms with E-state index in [-0.39, 0.29) is 22.0 Å². The second-order valence-corrected chi connectivity index (χ2v) is 8.07. The van der Waals surface area contributed by atoms with Crippen LogP contribution in [-0.4, -0.2) is 28.2 Å². The zero-order valence-corrected chi connectivity index (χ0v) is 18.2. The SMILES string of the molecule is COc1ccccc1-c1cc(C(=O)Nc2nnc(C(F)(F)F)s2)c2ccc(Cl)c(C)c2n1. The number of carbonyl (C=O) groups excluding carboxylic acids is 1. The van der Waals surface area contributed by atoms with Crippen molar-refractivity contribution in [1.82, 2.24) is 15.2 Å². The van der Waals surface area contributed by atoms with Crippen LogP contribution in [0.5, 0.6) is 5.75 Å². The number of rotatable bonds is 4. The number of halogens is 4. The number of anilines is 1. The summed E-state index contributed by atoms with van der Waals surface area (Å²) in [6.07, 6.45) is -4.64. The van der Waals surface area contributed by atoms with Crippen molar-refractivity contribution in [2.75, 3.05) is 12.4 Å². The van der Waals surface area contributed by atoms with Crippen LogP contribution in [0.25, 0.3) is 22.2 Å². The molecular formula is C21H14ClF3N4O2S. The maximum absolute atomic E-state index is 13.1. The summed E-state index contributed by atoms with van der Waals surface area (Å²) in [6.45, 7) is 1.77. The molecule has 6 nitrogen and oxygen atoms in total. The van der Waals surface area contributed by atoms with Gasteiger partial charge in [-0.05, 0) is 36.8 Å². The van der Waals surface area contributed by atoms with Crippen molar-refractivity contribution in [3.05, 3.63) is 63.6 Å². The number of amides is 1. The maximum atomic E-state index is 13.1. The Morgan fingerprint density at radius 3 is 2.59 bits per heavy atom. The number of nitrogens with one attached hydrogen (secondary N) is 1. The van der Waals surface area contributed by atoms with E-state index in [0.717, 1.165) is 0 Å². The molecule has 0 bridgehead atoms. The predicted octanol–water partition coefficient (Wildman–Crippen LogP) is 5.99. The van der Waals surface area contributed by atoms with Crippen LogP contribution in [0.2, 0.25) is 5.02 Å². The maximum Gasteiger partial charge on any atom is 0.445 e. The van der Waals surface area contributed by atoms with E-state index in [0.29, 0.717) is 38.5 Å². The lowest BCUT2D eigenvalue weighted by molar-refractivity contribution is -0.138. The summed E-state index contributed by atoms with van der Waals surface area (Å²) in [4.78, 5) is 17.8. The number of hydrogen-bond donors (Lipinski definition) is 1. The fraction of sp³-hybridized carbons (Fsp3) is 0.143. The average molecular weight is 479 g/mol. The number of fused-ring (bicyclic) bond motifs is 1. The number of aromatic nitrogens is 3. The monoisotopic (exact) mass is 478 g/mol. The molecule has 2 aromatic carbocycles. The van der Waals surface area contributed by atoms with Crippen molar-refractivity contribution in [3.63, 3.8) is 0 Å². The third kappa shape index (κ3) is 4.11. The number of alkyl halides is 3. The van der Waals surface area contributed by atoms with Crippen LogP contribution in [0.15, 0.2) is 42.5 Å². The lowest BCUT2D eigenvalue weighted by Gasteiger charge is -2.13. The van der Waals surface area contributed by atoms with Gasteiger partial charge in [0, 0.05) is 16.0 Å². The number of benzene rings is 2. The fourth-order valence-electron chi connectivity index (χ4n) is 3.14. The zero-order valence-electron chi connectivity index (χ0n) is 16.6. The molecule has 1 amide bonds. The Morgan fingerprint density at radius 1 is 1.16 bits per heavy atom. The van der Waals surface area contributed by atoms with E-state index in [9.17, 15) is 18.0 Å². The Labute approximate surface area is 189 Å². The molecule has 0 fully saturated rings. The van der Waals surface area contributed by atoms with Gasteiger partial charge in [-0.1, -0.05) is 41.1 Å². The van der Waals surface area contributed by atoms with Gasteiger partial charge in [0.05, 0.1) is 23.9 Å². The zero-order chi connectivity index (χ0) is 23.0. The van der Waals surface area contributed by atoms with Gasteiger partial charge in [0.25, 0.3) is 5.91 Å². The molecule has 0 atom stereocenters. The van der Waals surface area contributed by atoms with Gasteiger partial charge in [0.15, 0.2) is 0 Å². The van der Waals surface area contributed by atoms with E-state index >= 15 is 0 Å². The molecule has 1 N–H and O–H groups in total. The van der Waals surface area contributed by atoms with Crippen molar-refractivity contribution in [1.29, 1.82) is 0 Å². The van der Waals surface area contributed by atoms with Crippen molar-refractivity contribution >= 4 is 44.9 Å². The lowest BCUT2D eigenvalue weighted by atomic mass is 10.0. The number of methoxy groups -OCH3 is 1. The summed E-state index contributed by atoms with van der Waals surface area (Å²) >= 11 is 6.51. The van der Waals surface area contributed by atoms with Crippen LogP contribution >= 0.6 is 22.9 Å². The molecule has 0 aliphatic rings. The Bertz CT molecular complexity index is 1340. The van der Waals surface area contributed by atoms with Gasteiger partial charge in [-0.15, -0.1) is 10.2 Å². The first-order chi connectivity index (χ1) is 15.2. The van der Waals surface area contributed by atoms with Crippen LogP contribution in [0.3, 0.4) is 0 Å². The second-order valence-electron chi connectivity index (χ2n) is 6.69. The van der Waals surface area contributed by atoms with Gasteiger partial charge in [-0.25, -0.2) is 4.98 Å². The number of ether oxygens (including phenoxy) is 1. The molecule has 4 aromatic rings. The number of aryl methyl sites for hydroxylation is 1. The van der Waals surface area contributed by atoms with Crippen LogP contribution in [0.4, 0.5) is 18.3 Å². The quantitative estimate of drug-likeness (QED) is 0.389. The van der Waals surface area contributed by atoms with Crippen molar-refractivity contribution in [3.8, 4) is 17.0 Å². The first kappa shape index (κ1) is 22.0. The van der Waals surface area contributed by atoms with E-state index < -0.39 is 17.1 Å². The molecule has 2 aromatic heterocycles. The molecule has 11 heteroatoms. The summed E-state index contributed by atoms with van der Waals surface area (Å²) in [5.41, 5.74) is 2.42. The summed E-state index contributed by atoms with van der Waals surface area (Å²) in [7, 11) is 1.52. The Hall–Kier alpha value is -3.24. The van der Waals surface area contributed by atoms with Gasteiger partial charge in [-0.3, -0.25) is 10.1 Å². The Morgan fingerprint density at radius 2 is 1.91 bits per heavy atom. The Balaban J connectivity index is 1.85. The minimum absolute atomic E-state index is 0.194. The van der Waals surface area contributed by atoms with Gasteiger partial charge >= 0.3 is 6.18 Å². The lowest BCUT2D eigenvalue weighted by Crippen LogP contribution is -2.13. The molecule has 0 saturated carbocycles. The van der Waals surface area contributed by atoms with Crippen LogP contribution in [0, 0.1) is 6.92 Å². The van der Waals surface area contributed by atoms with Crippen molar-refractivity contribution in [2.45, 2.75) is 13.1 Å². The number of hydrogen-bond acceptors (Lipinski definition) is 6. The average Bonchev–Trinajstić information content (AvgIpc) is 3.24. The third-order valence-corrected chi connectivity index (χ3v) is 5.98. The Kier molecular flexibility index (Phi) is 5.74. The first-order valence-electron chi connectivity index (χ1n) is 9.14. The van der Waals surface area contributed by atoms with Crippen molar-refractivity contribution in [2.24, 2.45) is 0 Å². The van der Waals surface area contributed by atoms with Crippen LogP contribution < -0.4 is 10.1 Å². The second kappa shape index (κ2) is 8.36. The highest BCUT2D eigenvalue weighted by atomic mass is 35.5. The molecule has 164 valence electrons. The van der Waals surface area contributed by atoms with Gasteiger partial charge in [0.2, 0.25) is 10.1 Å². The molecule has 2 heterocycles. The smallest absolute Gasteiger partial charge is 0.445 e. The highest BCUT2D eigenvalue weighted by molar-refractivity contribution is 7.15. The largest absolute Gasteiger partial charge is 0.496 e. The molecule has 32 heavy (non-hydrogen) atoms. The number of para-hydroxylation sites is 1. The molecule has 0 aliphatic carbocycles. The van der Waals surface area contributed by atoms with Crippen LogP contribution in [-0.2, 0) is 6.18 Å². The molecular weight excluding hydrogens is 465 g/mol. The van der Waals surface area contributed by atoms with Crippen LogP contribution in [0.1, 0.15) is 20.9 Å². The molecule has 0 unspecified atom stereocenters. The summed E-state index contributed by atoms with van der Waals surface area (Å²) in [5, 5.41) is 8.46. The molecule has 0 spiro atoms. The highest BCUT2D eigenvalue weighted by Gasteiger charge is 2.36. The topological polar surface area (TPSA) is 77.0 Å². The third-order valence-electron chi connectivity index (χ3n) is 4.68. The standard InChI is InChI=1S/C21H14ClF3N4O2S/c1-10-14(22)8-7-11-13(18(30)27-20-29-28-19(32-20)21(23,24)25)9-15(26-17(10)11)12-5-3-4-6-16(12)31-2/h3-9H,1-2H3,(H,27,29,30). The van der Waals surface area contributed by atoms with E-state index in [4.69, 9.17) is 16.3 Å². The van der Waals surface area contributed by atoms with Gasteiger partial charge in [0.1, 0.15) is 5.75 Å². The molecule has 4 rings (SSSR count). The van der Waals surface area contributed by atoms with E-state index in [1.807, 2.05) is 0 Å². The molecule has 0 aliphatic heterocycles. The van der Waals surface area contributed by atoms with Crippen molar-refractivity contribution < 1.29 is 22.7 Å². The highest BCUT2D eigenvalue weighted by Crippen LogP contribution is 2.35. The minimum Gasteiger partial charge on any atom is -0.496 e. The van der Waals surface area contributed by atoms with E-state index in [2.05, 4.69) is 20.5 Å². The summed E-state index contributed by atoms with van der Waals surface area (Å²) in [5.74, 6) is -0.107.